The molecule has 0 amide bonds. The van der Waals surface area contributed by atoms with E-state index in [-0.39, 0.29) is 6.04 Å². The van der Waals surface area contributed by atoms with Crippen molar-refractivity contribution in [2.45, 2.75) is 19.5 Å². The molecule has 0 radical (unpaired) electrons. The molecule has 2 heterocycles. The fraction of sp³-hybridized carbons (Fsp3) is 0.286. The summed E-state index contributed by atoms with van der Waals surface area (Å²) in [7, 11) is 2.02. The lowest BCUT2D eigenvalue weighted by Crippen LogP contribution is -2.18. The highest BCUT2D eigenvalue weighted by molar-refractivity contribution is 5.41. The van der Waals surface area contributed by atoms with E-state index in [0.29, 0.717) is 0 Å². The fourth-order valence-electron chi connectivity index (χ4n) is 1.77. The zero-order valence-corrected chi connectivity index (χ0v) is 10.7. The predicted octanol–water partition coefficient (Wildman–Crippen LogP) is 2.13. The normalized spacial score (nSPS) is 12.2. The SMILES string of the molecule is CC(N)c1ccnc(N(C)Cc2ccncc2)c1. The van der Waals surface area contributed by atoms with E-state index in [1.807, 2.05) is 38.2 Å². The number of anilines is 1. The summed E-state index contributed by atoms with van der Waals surface area (Å²) < 4.78 is 0. The van der Waals surface area contributed by atoms with Gasteiger partial charge in [-0.2, -0.15) is 0 Å². The predicted molar refractivity (Wildman–Crippen MR) is 73.2 cm³/mol. The standard InChI is InChI=1S/C14H18N4/c1-11(15)13-5-8-17-14(9-13)18(2)10-12-3-6-16-7-4-12/h3-9,11H,10,15H2,1-2H3. The van der Waals surface area contributed by atoms with Gasteiger partial charge in [0.05, 0.1) is 0 Å². The number of nitrogens with zero attached hydrogens (tertiary/aromatic N) is 3. The van der Waals surface area contributed by atoms with Crippen LogP contribution in [-0.4, -0.2) is 17.0 Å². The molecule has 1 unspecified atom stereocenters. The largest absolute Gasteiger partial charge is 0.355 e. The van der Waals surface area contributed by atoms with Crippen LogP contribution in [0.15, 0.2) is 42.9 Å². The van der Waals surface area contributed by atoms with Crippen LogP contribution in [0.5, 0.6) is 0 Å². The Morgan fingerprint density at radius 2 is 1.94 bits per heavy atom. The summed E-state index contributed by atoms with van der Waals surface area (Å²) >= 11 is 0. The molecule has 2 aromatic rings. The summed E-state index contributed by atoms with van der Waals surface area (Å²) in [5, 5.41) is 0. The van der Waals surface area contributed by atoms with Crippen LogP contribution in [0.2, 0.25) is 0 Å². The van der Waals surface area contributed by atoms with E-state index in [1.165, 1.54) is 5.56 Å². The number of nitrogens with two attached hydrogens (primary N) is 1. The van der Waals surface area contributed by atoms with Gasteiger partial charge in [0.25, 0.3) is 0 Å². The lowest BCUT2D eigenvalue weighted by atomic mass is 10.1. The molecule has 0 bridgehead atoms. The number of hydrogen-bond donors (Lipinski definition) is 1. The lowest BCUT2D eigenvalue weighted by Gasteiger charge is -2.19. The van der Waals surface area contributed by atoms with Crippen LogP contribution in [0, 0.1) is 0 Å². The summed E-state index contributed by atoms with van der Waals surface area (Å²) in [6.45, 7) is 2.78. The zero-order valence-electron chi connectivity index (χ0n) is 10.7. The molecule has 0 aliphatic heterocycles. The van der Waals surface area contributed by atoms with Crippen molar-refractivity contribution < 1.29 is 0 Å². The van der Waals surface area contributed by atoms with Gasteiger partial charge >= 0.3 is 0 Å². The highest BCUT2D eigenvalue weighted by Crippen LogP contribution is 2.17. The van der Waals surface area contributed by atoms with Crippen LogP contribution in [0.1, 0.15) is 24.1 Å². The maximum Gasteiger partial charge on any atom is 0.128 e. The molecular formula is C14H18N4. The molecule has 0 aliphatic rings. The molecule has 2 rings (SSSR count). The Morgan fingerprint density at radius 1 is 1.22 bits per heavy atom. The molecule has 0 saturated carbocycles. The van der Waals surface area contributed by atoms with Crippen molar-refractivity contribution in [2.24, 2.45) is 5.73 Å². The van der Waals surface area contributed by atoms with Gasteiger partial charge < -0.3 is 10.6 Å². The van der Waals surface area contributed by atoms with E-state index in [2.05, 4.69) is 14.9 Å². The van der Waals surface area contributed by atoms with Gasteiger partial charge in [-0.15, -0.1) is 0 Å². The lowest BCUT2D eigenvalue weighted by molar-refractivity contribution is 0.809. The molecule has 0 aromatic carbocycles. The zero-order chi connectivity index (χ0) is 13.0. The van der Waals surface area contributed by atoms with Gasteiger partial charge in [0.2, 0.25) is 0 Å². The van der Waals surface area contributed by atoms with Crippen LogP contribution in [0.25, 0.3) is 0 Å². The first-order valence-electron chi connectivity index (χ1n) is 5.98. The van der Waals surface area contributed by atoms with Crippen LogP contribution < -0.4 is 10.6 Å². The maximum atomic E-state index is 5.88. The molecule has 18 heavy (non-hydrogen) atoms. The summed E-state index contributed by atoms with van der Waals surface area (Å²) in [4.78, 5) is 10.5. The van der Waals surface area contributed by atoms with E-state index >= 15 is 0 Å². The number of pyridine rings is 2. The molecule has 0 aliphatic carbocycles. The first-order chi connectivity index (χ1) is 8.66. The Labute approximate surface area is 107 Å². The van der Waals surface area contributed by atoms with E-state index in [1.54, 1.807) is 18.6 Å². The Morgan fingerprint density at radius 3 is 2.61 bits per heavy atom. The average Bonchev–Trinajstić information content (AvgIpc) is 2.40. The van der Waals surface area contributed by atoms with Crippen LogP contribution in [0.4, 0.5) is 5.82 Å². The van der Waals surface area contributed by atoms with Crippen molar-refractivity contribution in [3.8, 4) is 0 Å². The fourth-order valence-corrected chi connectivity index (χ4v) is 1.77. The molecule has 0 spiro atoms. The van der Waals surface area contributed by atoms with Crippen molar-refractivity contribution in [3.05, 3.63) is 54.0 Å². The van der Waals surface area contributed by atoms with Crippen molar-refractivity contribution >= 4 is 5.82 Å². The van der Waals surface area contributed by atoms with Gasteiger partial charge in [0, 0.05) is 38.2 Å². The Kier molecular flexibility index (Phi) is 3.89. The summed E-state index contributed by atoms with van der Waals surface area (Å²) in [6.07, 6.45) is 5.40. The number of aromatic nitrogens is 2. The minimum atomic E-state index is 0.0288. The summed E-state index contributed by atoms with van der Waals surface area (Å²) in [5.74, 6) is 0.932. The molecule has 2 aromatic heterocycles. The molecule has 1 atom stereocenters. The van der Waals surface area contributed by atoms with Crippen molar-refractivity contribution in [1.29, 1.82) is 0 Å². The summed E-state index contributed by atoms with van der Waals surface area (Å²) in [5.41, 5.74) is 8.19. The monoisotopic (exact) mass is 242 g/mol. The molecule has 94 valence electrons. The van der Waals surface area contributed by atoms with E-state index in [9.17, 15) is 0 Å². The van der Waals surface area contributed by atoms with E-state index in [0.717, 1.165) is 17.9 Å². The van der Waals surface area contributed by atoms with Crippen molar-refractivity contribution in [2.75, 3.05) is 11.9 Å². The van der Waals surface area contributed by atoms with E-state index in [4.69, 9.17) is 5.73 Å². The molecule has 4 nitrogen and oxygen atoms in total. The second kappa shape index (κ2) is 5.60. The van der Waals surface area contributed by atoms with Crippen molar-refractivity contribution in [3.63, 3.8) is 0 Å². The van der Waals surface area contributed by atoms with Gasteiger partial charge in [-0.1, -0.05) is 0 Å². The van der Waals surface area contributed by atoms with Gasteiger partial charge in [0.1, 0.15) is 5.82 Å². The minimum Gasteiger partial charge on any atom is -0.355 e. The molecular weight excluding hydrogens is 224 g/mol. The summed E-state index contributed by atoms with van der Waals surface area (Å²) in [6, 6.07) is 8.03. The van der Waals surface area contributed by atoms with Gasteiger partial charge in [-0.25, -0.2) is 4.98 Å². The van der Waals surface area contributed by atoms with E-state index < -0.39 is 0 Å². The molecule has 0 fully saturated rings. The molecule has 4 heteroatoms. The van der Waals surface area contributed by atoms with Crippen LogP contribution in [-0.2, 0) is 6.54 Å². The first kappa shape index (κ1) is 12.5. The molecule has 0 saturated heterocycles. The van der Waals surface area contributed by atoms with Crippen LogP contribution >= 0.6 is 0 Å². The topological polar surface area (TPSA) is 55.0 Å². The maximum absolute atomic E-state index is 5.88. The Bertz CT molecular complexity index is 496. The Hall–Kier alpha value is -1.94. The second-order valence-electron chi connectivity index (χ2n) is 4.45. The highest BCUT2D eigenvalue weighted by atomic mass is 15.2. The second-order valence-corrected chi connectivity index (χ2v) is 4.45. The van der Waals surface area contributed by atoms with Crippen molar-refractivity contribution in [1.82, 2.24) is 9.97 Å². The van der Waals surface area contributed by atoms with Gasteiger partial charge in [0.15, 0.2) is 0 Å². The van der Waals surface area contributed by atoms with Crippen LogP contribution in [0.3, 0.4) is 0 Å². The molecule has 2 N–H and O–H groups in total. The average molecular weight is 242 g/mol. The Balaban J connectivity index is 2.14. The highest BCUT2D eigenvalue weighted by Gasteiger charge is 2.06. The van der Waals surface area contributed by atoms with Gasteiger partial charge in [-0.05, 0) is 42.3 Å². The quantitative estimate of drug-likeness (QED) is 0.892. The third-order valence-corrected chi connectivity index (χ3v) is 2.86. The smallest absolute Gasteiger partial charge is 0.128 e. The van der Waals surface area contributed by atoms with Gasteiger partial charge in [-0.3, -0.25) is 4.98 Å². The first-order valence-corrected chi connectivity index (χ1v) is 5.98. The minimum absolute atomic E-state index is 0.0288. The number of hydrogen-bond acceptors (Lipinski definition) is 4. The third kappa shape index (κ3) is 3.05. The third-order valence-electron chi connectivity index (χ3n) is 2.86. The number of rotatable bonds is 4.